The lowest BCUT2D eigenvalue weighted by molar-refractivity contribution is -0.111. The van der Waals surface area contributed by atoms with Crippen molar-refractivity contribution in [3.63, 3.8) is 0 Å². The van der Waals surface area contributed by atoms with Crippen LogP contribution in [0.4, 0.5) is 0 Å². The zero-order valence-corrected chi connectivity index (χ0v) is 14.4. The number of carbonyl (C=O) groups is 1. The first-order valence-corrected chi connectivity index (χ1v) is 7.45. The van der Waals surface area contributed by atoms with Crippen molar-refractivity contribution in [2.24, 2.45) is 5.11 Å². The molecule has 1 aromatic heterocycles. The molecular formula is C16H17N5O5. The van der Waals surface area contributed by atoms with E-state index in [1.807, 2.05) is 0 Å². The molecule has 0 fully saturated rings. The van der Waals surface area contributed by atoms with Crippen molar-refractivity contribution in [1.82, 2.24) is 9.55 Å². The normalized spacial score (nSPS) is 10.5. The van der Waals surface area contributed by atoms with Gasteiger partial charge < -0.3 is 14.2 Å². The Hall–Kier alpha value is -3.20. The fourth-order valence-electron chi connectivity index (χ4n) is 2.27. The topological polar surface area (TPSA) is 128 Å². The Morgan fingerprint density at radius 2 is 1.92 bits per heavy atom. The van der Waals surface area contributed by atoms with Gasteiger partial charge in [0.2, 0.25) is 0 Å². The lowest BCUT2D eigenvalue weighted by atomic mass is 10.2. The average Bonchev–Trinajstić information content (AvgIpc) is 2.67. The second-order valence-corrected chi connectivity index (χ2v) is 5.04. The van der Waals surface area contributed by atoms with Gasteiger partial charge in [0, 0.05) is 30.9 Å². The first kappa shape index (κ1) is 19.1. The van der Waals surface area contributed by atoms with E-state index < -0.39 is 17.8 Å². The molecule has 136 valence electrons. The quantitative estimate of drug-likeness (QED) is 0.322. The number of nitrogens with zero attached hydrogens (tertiary/aromatic N) is 5. The maximum atomic E-state index is 12.8. The molecule has 0 N–H and O–H groups in total. The molecule has 0 radical (unpaired) electrons. The van der Waals surface area contributed by atoms with Crippen LogP contribution in [0.5, 0.6) is 5.75 Å². The van der Waals surface area contributed by atoms with Crippen molar-refractivity contribution in [2.45, 2.75) is 12.8 Å². The first-order chi connectivity index (χ1) is 12.5. The number of carbonyl (C=O) groups excluding carboxylic acids is 1. The molecular weight excluding hydrogens is 342 g/mol. The van der Waals surface area contributed by atoms with Crippen molar-refractivity contribution in [2.75, 3.05) is 21.3 Å². The van der Waals surface area contributed by atoms with Crippen molar-refractivity contribution >= 4 is 5.91 Å². The van der Waals surface area contributed by atoms with E-state index in [-0.39, 0.29) is 12.1 Å². The zero-order chi connectivity index (χ0) is 19.1. The smallest absolute Gasteiger partial charge is 0.265 e. The summed E-state index contributed by atoms with van der Waals surface area (Å²) in [5.41, 5.74) is 8.03. The van der Waals surface area contributed by atoms with Gasteiger partial charge in [0.1, 0.15) is 17.1 Å². The Balaban J connectivity index is 2.62. The Morgan fingerprint density at radius 3 is 2.46 bits per heavy atom. The van der Waals surface area contributed by atoms with Crippen molar-refractivity contribution in [3.05, 3.63) is 56.8 Å². The lowest BCUT2D eigenvalue weighted by Gasteiger charge is -2.18. The molecule has 0 unspecified atom stereocenters. The van der Waals surface area contributed by atoms with E-state index in [0.717, 1.165) is 6.20 Å². The molecule has 0 bridgehead atoms. The number of azide groups is 1. The lowest BCUT2D eigenvalue weighted by Crippen LogP contribution is -2.33. The number of hydrogen-bond acceptors (Lipinski definition) is 6. The summed E-state index contributed by atoms with van der Waals surface area (Å²) in [6, 6.07) is 6.88. The van der Waals surface area contributed by atoms with Crippen molar-refractivity contribution in [1.29, 1.82) is 0 Å². The highest BCUT2D eigenvalue weighted by molar-refractivity contribution is 5.94. The molecule has 10 nitrogen and oxygen atoms in total. The number of aromatic nitrogens is 2. The minimum absolute atomic E-state index is 0.0163. The van der Waals surface area contributed by atoms with Crippen LogP contribution in [0.25, 0.3) is 21.8 Å². The van der Waals surface area contributed by atoms with Crippen LogP contribution in [-0.4, -0.2) is 43.1 Å². The number of amides is 1. The SMILES string of the molecule is COc1ccc(-c2ncc(C(=O)N=[N+]=[N-])c(=O)n2CC(OC)OC)cc1. The highest BCUT2D eigenvalue weighted by Crippen LogP contribution is 2.20. The molecule has 2 aromatic rings. The molecule has 2 rings (SSSR count). The molecule has 10 heteroatoms. The summed E-state index contributed by atoms with van der Waals surface area (Å²) in [6.07, 6.45) is 0.348. The third kappa shape index (κ3) is 4.06. The highest BCUT2D eigenvalue weighted by atomic mass is 16.7. The van der Waals surface area contributed by atoms with Crippen LogP contribution in [0.2, 0.25) is 0 Å². The summed E-state index contributed by atoms with van der Waals surface area (Å²) in [5, 5.41) is 2.95. The molecule has 0 spiro atoms. The van der Waals surface area contributed by atoms with E-state index in [1.54, 1.807) is 31.4 Å². The molecule has 0 aliphatic heterocycles. The molecule has 0 aliphatic carbocycles. The summed E-state index contributed by atoms with van der Waals surface area (Å²) in [6.45, 7) is -0.0163. The first-order valence-electron chi connectivity index (χ1n) is 7.45. The van der Waals surface area contributed by atoms with Crippen molar-refractivity contribution < 1.29 is 19.0 Å². The Kier molecular flexibility index (Phi) is 6.45. The van der Waals surface area contributed by atoms with E-state index >= 15 is 0 Å². The van der Waals surface area contributed by atoms with E-state index in [9.17, 15) is 9.59 Å². The largest absolute Gasteiger partial charge is 0.497 e. The molecule has 1 amide bonds. The third-order valence-corrected chi connectivity index (χ3v) is 3.62. The van der Waals surface area contributed by atoms with E-state index in [4.69, 9.17) is 19.7 Å². The third-order valence-electron chi connectivity index (χ3n) is 3.62. The van der Waals surface area contributed by atoms with Crippen LogP contribution < -0.4 is 10.3 Å². The maximum Gasteiger partial charge on any atom is 0.265 e. The Labute approximate surface area is 148 Å². The summed E-state index contributed by atoms with van der Waals surface area (Å²) in [4.78, 5) is 31.2. The molecule has 0 aliphatic rings. The fourth-order valence-corrected chi connectivity index (χ4v) is 2.27. The highest BCUT2D eigenvalue weighted by Gasteiger charge is 2.19. The summed E-state index contributed by atoms with van der Waals surface area (Å²) in [7, 11) is 4.39. The van der Waals surface area contributed by atoms with Gasteiger partial charge in [-0.2, -0.15) is 0 Å². The van der Waals surface area contributed by atoms with Gasteiger partial charge in [-0.15, -0.1) is 0 Å². The van der Waals surface area contributed by atoms with Gasteiger partial charge in [0.15, 0.2) is 6.29 Å². The number of ether oxygens (including phenoxy) is 3. The second kappa shape index (κ2) is 8.77. The summed E-state index contributed by atoms with van der Waals surface area (Å²) in [5.74, 6) is -0.0647. The number of rotatable bonds is 7. The maximum absolute atomic E-state index is 12.8. The van der Waals surface area contributed by atoms with Gasteiger partial charge >= 0.3 is 0 Å². The van der Waals surface area contributed by atoms with Crippen molar-refractivity contribution in [3.8, 4) is 17.1 Å². The van der Waals surface area contributed by atoms with Crippen LogP contribution in [0.3, 0.4) is 0 Å². The molecule has 0 saturated carbocycles. The van der Waals surface area contributed by atoms with E-state index in [2.05, 4.69) is 15.0 Å². The molecule has 1 aromatic carbocycles. The number of hydrogen-bond donors (Lipinski definition) is 0. The van der Waals surface area contributed by atoms with Crippen LogP contribution in [-0.2, 0) is 16.0 Å². The van der Waals surface area contributed by atoms with Gasteiger partial charge in [-0.25, -0.2) is 4.98 Å². The molecule has 0 saturated heterocycles. The van der Waals surface area contributed by atoms with Gasteiger partial charge in [0.05, 0.1) is 13.7 Å². The van der Waals surface area contributed by atoms with Crippen LogP contribution >= 0.6 is 0 Å². The van der Waals surface area contributed by atoms with Gasteiger partial charge in [-0.05, 0) is 34.9 Å². The van der Waals surface area contributed by atoms with E-state index in [0.29, 0.717) is 17.1 Å². The van der Waals surface area contributed by atoms with Gasteiger partial charge in [-0.1, -0.05) is 0 Å². The van der Waals surface area contributed by atoms with Gasteiger partial charge in [-0.3, -0.25) is 14.2 Å². The van der Waals surface area contributed by atoms with Crippen LogP contribution in [0.15, 0.2) is 40.4 Å². The number of methoxy groups -OCH3 is 3. The zero-order valence-electron chi connectivity index (χ0n) is 14.4. The van der Waals surface area contributed by atoms with Crippen LogP contribution in [0, 0.1) is 0 Å². The second-order valence-electron chi connectivity index (χ2n) is 5.04. The van der Waals surface area contributed by atoms with Gasteiger partial charge in [0.25, 0.3) is 11.5 Å². The summed E-state index contributed by atoms with van der Waals surface area (Å²) < 4.78 is 16.6. The summed E-state index contributed by atoms with van der Waals surface area (Å²) >= 11 is 0. The minimum Gasteiger partial charge on any atom is -0.497 e. The van der Waals surface area contributed by atoms with Crippen LogP contribution in [0.1, 0.15) is 10.4 Å². The Bertz CT molecular complexity index is 883. The van der Waals surface area contributed by atoms with E-state index in [1.165, 1.54) is 18.8 Å². The average molecular weight is 359 g/mol. The fraction of sp³-hybridized carbons (Fsp3) is 0.312. The predicted molar refractivity (Wildman–Crippen MR) is 91.8 cm³/mol. The minimum atomic E-state index is -1.01. The monoisotopic (exact) mass is 359 g/mol. The number of benzene rings is 1. The molecule has 0 atom stereocenters. The Morgan fingerprint density at radius 1 is 1.27 bits per heavy atom. The standard InChI is InChI=1S/C16H17N5O5/c1-24-11-6-4-10(5-7-11)14-18-8-12(15(22)19-20-17)16(23)21(14)9-13(25-2)26-3/h4-8,13H,9H2,1-3H3. The molecule has 26 heavy (non-hydrogen) atoms. The molecule has 1 heterocycles. The predicted octanol–water partition coefficient (Wildman–Crippen LogP) is 1.99.